The van der Waals surface area contributed by atoms with Crippen LogP contribution in [0.5, 0.6) is 5.75 Å². The summed E-state index contributed by atoms with van der Waals surface area (Å²) in [6.45, 7) is -4.62. The Kier molecular flexibility index (Phi) is 7.42. The van der Waals surface area contributed by atoms with E-state index < -0.39 is 49.1 Å². The molecular formula is C26H21Cl3F3N3O4. The van der Waals surface area contributed by atoms with Crippen molar-refractivity contribution in [3.05, 3.63) is 75.0 Å². The van der Waals surface area contributed by atoms with Crippen molar-refractivity contribution in [1.29, 1.82) is 0 Å². The molecule has 0 spiro atoms. The first kappa shape index (κ1) is 25.0. The third kappa shape index (κ3) is 6.58. The Morgan fingerprint density at radius 3 is 2.51 bits per heavy atom. The van der Waals surface area contributed by atoms with Gasteiger partial charge < -0.3 is 19.6 Å². The van der Waals surface area contributed by atoms with Gasteiger partial charge in [-0.3, -0.25) is 9.59 Å². The minimum absolute atomic E-state index is 0.0223. The fourth-order valence-electron chi connectivity index (χ4n) is 3.93. The highest BCUT2D eigenvalue weighted by atomic mass is 35.5. The van der Waals surface area contributed by atoms with Crippen molar-refractivity contribution >= 4 is 52.3 Å². The van der Waals surface area contributed by atoms with E-state index in [1.807, 2.05) is 0 Å². The van der Waals surface area contributed by atoms with Gasteiger partial charge in [0.05, 0.1) is 32.4 Å². The Bertz CT molecular complexity index is 1510. The minimum atomic E-state index is -4.82. The second-order valence-corrected chi connectivity index (χ2v) is 9.79. The molecule has 39 heavy (non-hydrogen) atoms. The number of amides is 2. The van der Waals surface area contributed by atoms with Gasteiger partial charge in [-0.05, 0) is 42.3 Å². The molecule has 2 heterocycles. The SMILES string of the molecule is [2H]C([2H])([2H])N(C(=O)c1c(Cl)cccc1Cl)c1ccc(-c2cc(C(=O)N3CC[C@H](O)C3)ncc2Cl)cc1OCC(F)(F)F. The number of carbonyl (C=O) groups excluding carboxylic acids is 2. The average molecular weight is 606 g/mol. The average Bonchev–Trinajstić information content (AvgIpc) is 3.33. The highest BCUT2D eigenvalue weighted by Gasteiger charge is 2.31. The lowest BCUT2D eigenvalue weighted by Crippen LogP contribution is -2.30. The fourth-order valence-corrected chi connectivity index (χ4v) is 4.70. The van der Waals surface area contributed by atoms with Crippen LogP contribution >= 0.6 is 34.8 Å². The number of halogens is 6. The van der Waals surface area contributed by atoms with E-state index in [2.05, 4.69) is 4.98 Å². The number of carbonyl (C=O) groups is 2. The number of alkyl halides is 3. The summed E-state index contributed by atoms with van der Waals surface area (Å²) in [4.78, 5) is 32.1. The van der Waals surface area contributed by atoms with Crippen molar-refractivity contribution in [2.24, 2.45) is 0 Å². The number of likely N-dealkylation sites (tertiary alicyclic amines) is 1. The number of aliphatic hydroxyl groups is 1. The van der Waals surface area contributed by atoms with Crippen molar-refractivity contribution in [2.45, 2.75) is 18.7 Å². The van der Waals surface area contributed by atoms with E-state index in [0.29, 0.717) is 13.0 Å². The van der Waals surface area contributed by atoms with Crippen LogP contribution in [-0.4, -0.2) is 65.8 Å². The topological polar surface area (TPSA) is 83.0 Å². The number of rotatable bonds is 6. The van der Waals surface area contributed by atoms with Crippen LogP contribution in [0.2, 0.25) is 15.1 Å². The third-order valence-electron chi connectivity index (χ3n) is 5.81. The van der Waals surface area contributed by atoms with Crippen molar-refractivity contribution in [1.82, 2.24) is 9.88 Å². The summed E-state index contributed by atoms with van der Waals surface area (Å²) in [5.41, 5.74) is -0.656. The maximum absolute atomic E-state index is 13.5. The van der Waals surface area contributed by atoms with Crippen LogP contribution in [0.3, 0.4) is 0 Å². The molecule has 0 aliphatic carbocycles. The Labute approximate surface area is 240 Å². The first-order chi connectivity index (χ1) is 19.6. The molecule has 7 nitrogen and oxygen atoms in total. The van der Waals surface area contributed by atoms with Gasteiger partial charge in [0.15, 0.2) is 6.61 Å². The molecule has 1 saturated heterocycles. The molecule has 1 aliphatic rings. The molecule has 2 aromatic carbocycles. The molecule has 1 atom stereocenters. The summed E-state index contributed by atoms with van der Waals surface area (Å²) in [6, 6.07) is 8.78. The lowest BCUT2D eigenvalue weighted by atomic mass is 10.0. The smallest absolute Gasteiger partial charge is 0.422 e. The Morgan fingerprint density at radius 2 is 1.90 bits per heavy atom. The zero-order valence-corrected chi connectivity index (χ0v) is 22.1. The molecule has 2 amide bonds. The normalized spacial score (nSPS) is 16.8. The van der Waals surface area contributed by atoms with Gasteiger partial charge in [-0.25, -0.2) is 4.98 Å². The molecule has 3 aromatic rings. The van der Waals surface area contributed by atoms with Gasteiger partial charge in [0.1, 0.15) is 11.4 Å². The molecule has 0 radical (unpaired) electrons. The van der Waals surface area contributed by atoms with Crippen LogP contribution in [0.1, 0.15) is 31.4 Å². The van der Waals surface area contributed by atoms with Crippen molar-refractivity contribution in [2.75, 3.05) is 31.6 Å². The Hall–Kier alpha value is -3.05. The minimum Gasteiger partial charge on any atom is -0.482 e. The van der Waals surface area contributed by atoms with Gasteiger partial charge in [-0.15, -0.1) is 0 Å². The van der Waals surface area contributed by atoms with E-state index >= 15 is 0 Å². The van der Waals surface area contributed by atoms with Gasteiger partial charge in [0.2, 0.25) is 0 Å². The standard InChI is InChI=1S/C26H21Cl3F3N3O4/c1-34(25(38)23-17(27)3-2-4-18(23)28)21-6-5-14(9-22(21)39-13-26(30,31)32)16-10-20(33-11-19(16)29)24(37)35-8-7-15(36)12-35/h2-6,9-11,15,36H,7-8,12-13H2,1H3/t15-/m0/s1/i1D3. The van der Waals surface area contributed by atoms with Crippen LogP contribution < -0.4 is 9.64 Å². The Balaban J connectivity index is 1.83. The number of pyridine rings is 1. The van der Waals surface area contributed by atoms with Gasteiger partial charge in [-0.2, -0.15) is 13.2 Å². The first-order valence-corrected chi connectivity index (χ1v) is 12.5. The molecular weight excluding hydrogens is 582 g/mol. The van der Waals surface area contributed by atoms with Crippen molar-refractivity contribution in [3.8, 4) is 16.9 Å². The molecule has 1 aromatic heterocycles. The van der Waals surface area contributed by atoms with E-state index in [-0.39, 0.29) is 48.9 Å². The molecule has 13 heteroatoms. The van der Waals surface area contributed by atoms with Crippen LogP contribution in [0.15, 0.2) is 48.7 Å². The summed E-state index contributed by atoms with van der Waals surface area (Å²) in [5.74, 6) is -2.33. The maximum Gasteiger partial charge on any atom is 0.422 e. The molecule has 1 fully saturated rings. The number of hydrogen-bond acceptors (Lipinski definition) is 5. The predicted molar refractivity (Wildman–Crippen MR) is 142 cm³/mol. The first-order valence-electron chi connectivity index (χ1n) is 12.8. The third-order valence-corrected chi connectivity index (χ3v) is 6.74. The van der Waals surface area contributed by atoms with Crippen LogP contribution in [-0.2, 0) is 0 Å². The van der Waals surface area contributed by atoms with Crippen molar-refractivity contribution in [3.63, 3.8) is 0 Å². The monoisotopic (exact) mass is 604 g/mol. The lowest BCUT2D eigenvalue weighted by Gasteiger charge is -2.23. The van der Waals surface area contributed by atoms with E-state index in [1.165, 1.54) is 41.4 Å². The lowest BCUT2D eigenvalue weighted by molar-refractivity contribution is -0.153. The number of nitrogens with zero attached hydrogens (tertiary/aromatic N) is 3. The molecule has 0 saturated carbocycles. The summed E-state index contributed by atoms with van der Waals surface area (Å²) in [6.07, 6.45) is -3.92. The second kappa shape index (κ2) is 11.6. The number of anilines is 1. The summed E-state index contributed by atoms with van der Waals surface area (Å²) in [7, 11) is 0. The zero-order chi connectivity index (χ0) is 31.0. The van der Waals surface area contributed by atoms with Gasteiger partial charge in [0.25, 0.3) is 11.8 Å². The number of aromatic nitrogens is 1. The maximum atomic E-state index is 13.5. The second-order valence-electron chi connectivity index (χ2n) is 8.57. The fraction of sp³-hybridized carbons (Fsp3) is 0.269. The van der Waals surface area contributed by atoms with Crippen molar-refractivity contribution < 1.29 is 36.7 Å². The van der Waals surface area contributed by atoms with E-state index in [9.17, 15) is 27.9 Å². The highest BCUT2D eigenvalue weighted by Crippen LogP contribution is 2.38. The van der Waals surface area contributed by atoms with E-state index in [1.54, 1.807) is 0 Å². The molecule has 206 valence electrons. The highest BCUT2D eigenvalue weighted by molar-refractivity contribution is 6.40. The number of hydrogen-bond donors (Lipinski definition) is 1. The number of benzene rings is 2. The number of ether oxygens (including phenoxy) is 1. The predicted octanol–water partition coefficient (Wildman–Crippen LogP) is 6.13. The van der Waals surface area contributed by atoms with Gasteiger partial charge in [0, 0.05) is 35.9 Å². The molecule has 0 unspecified atom stereocenters. The van der Waals surface area contributed by atoms with E-state index in [0.717, 1.165) is 12.1 Å². The van der Waals surface area contributed by atoms with Crippen LogP contribution in [0, 0.1) is 0 Å². The van der Waals surface area contributed by atoms with Crippen LogP contribution in [0.4, 0.5) is 18.9 Å². The summed E-state index contributed by atoms with van der Waals surface area (Å²) >= 11 is 18.6. The summed E-state index contributed by atoms with van der Waals surface area (Å²) in [5, 5.41) is 9.43. The van der Waals surface area contributed by atoms with Crippen LogP contribution in [0.25, 0.3) is 11.1 Å². The Morgan fingerprint density at radius 1 is 1.18 bits per heavy atom. The molecule has 4 rings (SSSR count). The molecule has 1 aliphatic heterocycles. The largest absolute Gasteiger partial charge is 0.482 e. The van der Waals surface area contributed by atoms with Gasteiger partial charge in [-0.1, -0.05) is 46.9 Å². The zero-order valence-electron chi connectivity index (χ0n) is 22.8. The van der Waals surface area contributed by atoms with E-state index in [4.69, 9.17) is 43.7 Å². The molecule has 0 bridgehead atoms. The number of β-amino-alcohol motifs (C(OH)–C–C–N with tert-alkyl or cyclic N) is 1. The summed E-state index contributed by atoms with van der Waals surface area (Å²) < 4.78 is 68.6. The number of aliphatic hydroxyl groups excluding tert-OH is 1. The quantitative estimate of drug-likeness (QED) is 0.365. The molecule has 1 N–H and O–H groups in total. The van der Waals surface area contributed by atoms with Gasteiger partial charge >= 0.3 is 6.18 Å².